The highest BCUT2D eigenvalue weighted by Gasteiger charge is 2.56. The van der Waals surface area contributed by atoms with Crippen molar-refractivity contribution in [2.24, 2.45) is 0 Å². The zero-order valence-corrected chi connectivity index (χ0v) is 30.4. The number of likely N-dealkylation sites (tertiary alicyclic amines) is 1. The van der Waals surface area contributed by atoms with Gasteiger partial charge in [-0.05, 0) is 122 Å². The number of carbonyl (C=O) groups is 1. The summed E-state index contributed by atoms with van der Waals surface area (Å²) < 4.78 is 31.3. The van der Waals surface area contributed by atoms with Gasteiger partial charge in [0.15, 0.2) is 5.82 Å². The zero-order valence-electron chi connectivity index (χ0n) is 29.6. The normalized spacial score (nSPS) is 26.5. The molecular formula is C38H52N8O3S. The summed E-state index contributed by atoms with van der Waals surface area (Å²) in [4.78, 5) is 29.7. The molecule has 11 nitrogen and oxygen atoms in total. The average Bonchev–Trinajstić information content (AvgIpc) is 3.78. The Kier molecular flexibility index (Phi) is 8.25. The highest BCUT2D eigenvalue weighted by atomic mass is 32.2. The molecular weight excluding hydrogens is 649 g/mol. The topological polar surface area (TPSA) is 116 Å². The Bertz CT molecular complexity index is 1880. The number of nitrogens with zero attached hydrogens (tertiary/aromatic N) is 6. The fraction of sp³-hybridized carbons (Fsp3) is 0.658. The van der Waals surface area contributed by atoms with E-state index in [1.165, 1.54) is 19.3 Å². The van der Waals surface area contributed by atoms with Crippen LogP contribution in [0.15, 0.2) is 30.6 Å². The number of piperidine rings is 3. The van der Waals surface area contributed by atoms with Gasteiger partial charge in [0.2, 0.25) is 15.9 Å². The third-order valence-corrected chi connectivity index (χ3v) is 15.1. The quantitative estimate of drug-likeness (QED) is 0.337. The fourth-order valence-electron chi connectivity index (χ4n) is 9.49. The first-order valence-corrected chi connectivity index (χ1v) is 20.8. The second-order valence-electron chi connectivity index (χ2n) is 16.1. The van der Waals surface area contributed by atoms with Crippen LogP contribution in [0.3, 0.4) is 0 Å². The number of carbonyl (C=O) groups excluding carboxylic acids is 1. The molecule has 2 aromatic heterocycles. The van der Waals surface area contributed by atoms with Gasteiger partial charge in [0.25, 0.3) is 0 Å². The van der Waals surface area contributed by atoms with Gasteiger partial charge in [-0.1, -0.05) is 18.6 Å². The van der Waals surface area contributed by atoms with E-state index in [4.69, 9.17) is 9.97 Å². The monoisotopic (exact) mass is 700 g/mol. The SMILES string of the molecule is CC(C)n1cnc2cc(-c3ccc4c(c3)N([C@H]3C[C@@H](N5CCCCC5)C3)C(=O)C43CCN(S(=O)(=O)C4CCNCC4)CC3)nc(NC3CC3)c21. The minimum Gasteiger partial charge on any atom is -0.366 e. The first-order valence-electron chi connectivity index (χ1n) is 19.3. The van der Waals surface area contributed by atoms with Crippen molar-refractivity contribution in [2.45, 2.75) is 119 Å². The number of rotatable bonds is 8. The van der Waals surface area contributed by atoms with E-state index in [9.17, 15) is 13.2 Å². The number of imidazole rings is 1. The summed E-state index contributed by atoms with van der Waals surface area (Å²) in [6, 6.07) is 9.97. The van der Waals surface area contributed by atoms with Crippen LogP contribution in [0.1, 0.15) is 96.1 Å². The molecule has 3 saturated heterocycles. The molecule has 6 aliphatic rings. The molecule has 2 saturated carbocycles. The van der Waals surface area contributed by atoms with Crippen molar-refractivity contribution in [1.82, 2.24) is 29.1 Å². The standard InChI is InChI=1S/C38H52N8O3S/c1-25(2)45-24-40-33-23-32(42-36(35(33)45)41-27-7-8-27)26-6-9-31-34(20-26)46(29-21-28(22-29)43-16-4-3-5-17-43)37(47)38(31)12-18-44(19-13-38)50(48,49)30-10-14-39-15-11-30/h6,9,20,23-25,27-30,39H,3-5,7-8,10-19,21-22H2,1-2H3,(H,41,42)/t28-,29+. The molecule has 0 bridgehead atoms. The van der Waals surface area contributed by atoms with Crippen molar-refractivity contribution in [1.29, 1.82) is 0 Å². The lowest BCUT2D eigenvalue weighted by molar-refractivity contribution is -0.125. The molecule has 50 heavy (non-hydrogen) atoms. The van der Waals surface area contributed by atoms with Crippen LogP contribution in [0.5, 0.6) is 0 Å². The third-order valence-electron chi connectivity index (χ3n) is 12.7. The summed E-state index contributed by atoms with van der Waals surface area (Å²) >= 11 is 0. The minimum absolute atomic E-state index is 0.156. The van der Waals surface area contributed by atoms with E-state index in [0.29, 0.717) is 50.9 Å². The van der Waals surface area contributed by atoms with E-state index < -0.39 is 15.4 Å². The molecule has 6 heterocycles. The number of benzene rings is 1. The van der Waals surface area contributed by atoms with Crippen LogP contribution in [-0.2, 0) is 20.2 Å². The van der Waals surface area contributed by atoms with E-state index in [1.807, 2.05) is 6.33 Å². The van der Waals surface area contributed by atoms with E-state index in [1.54, 1.807) is 4.31 Å². The number of nitrogens with one attached hydrogen (secondary N) is 2. The van der Waals surface area contributed by atoms with Crippen molar-refractivity contribution in [3.63, 3.8) is 0 Å². The van der Waals surface area contributed by atoms with Crippen LogP contribution in [0.25, 0.3) is 22.3 Å². The number of sulfonamides is 1. The molecule has 3 aromatic rings. The fourth-order valence-corrected chi connectivity index (χ4v) is 11.4. The van der Waals surface area contributed by atoms with Gasteiger partial charge in [0.1, 0.15) is 5.52 Å². The van der Waals surface area contributed by atoms with Crippen LogP contribution in [0.4, 0.5) is 11.5 Å². The van der Waals surface area contributed by atoms with Crippen molar-refractivity contribution in [2.75, 3.05) is 49.5 Å². The molecule has 4 aliphatic heterocycles. The van der Waals surface area contributed by atoms with Crippen molar-refractivity contribution >= 4 is 38.5 Å². The summed E-state index contributed by atoms with van der Waals surface area (Å²) in [5.41, 5.74) is 5.16. The van der Waals surface area contributed by atoms with Gasteiger partial charge in [0, 0.05) is 48.5 Å². The van der Waals surface area contributed by atoms with E-state index in [2.05, 4.69) is 63.1 Å². The Morgan fingerprint density at radius 3 is 2.38 bits per heavy atom. The molecule has 0 unspecified atom stereocenters. The minimum atomic E-state index is -3.40. The summed E-state index contributed by atoms with van der Waals surface area (Å²) in [6.45, 7) is 8.92. The van der Waals surface area contributed by atoms with Crippen molar-refractivity contribution in [3.8, 4) is 11.3 Å². The van der Waals surface area contributed by atoms with Gasteiger partial charge in [-0.15, -0.1) is 0 Å². The van der Waals surface area contributed by atoms with Gasteiger partial charge in [-0.25, -0.2) is 22.7 Å². The largest absolute Gasteiger partial charge is 0.366 e. The second kappa shape index (κ2) is 12.6. The molecule has 2 aliphatic carbocycles. The maximum Gasteiger partial charge on any atom is 0.238 e. The smallest absolute Gasteiger partial charge is 0.238 e. The summed E-state index contributed by atoms with van der Waals surface area (Å²) in [7, 11) is -3.40. The second-order valence-corrected chi connectivity index (χ2v) is 18.4. The zero-order chi connectivity index (χ0) is 34.2. The molecule has 2 N–H and O–H groups in total. The number of amides is 1. The lowest BCUT2D eigenvalue weighted by Gasteiger charge is -2.48. The van der Waals surface area contributed by atoms with Gasteiger partial charge >= 0.3 is 0 Å². The molecule has 1 spiro atoms. The molecule has 0 radical (unpaired) electrons. The lowest BCUT2D eigenvalue weighted by Crippen LogP contribution is -2.58. The summed E-state index contributed by atoms with van der Waals surface area (Å²) in [6.07, 6.45) is 12.4. The summed E-state index contributed by atoms with van der Waals surface area (Å²) in [5, 5.41) is 6.64. The highest BCUT2D eigenvalue weighted by molar-refractivity contribution is 7.89. The van der Waals surface area contributed by atoms with Crippen LogP contribution in [0, 0.1) is 0 Å². The number of pyridine rings is 1. The van der Waals surface area contributed by atoms with Gasteiger partial charge < -0.3 is 25.0 Å². The van der Waals surface area contributed by atoms with Crippen molar-refractivity contribution < 1.29 is 13.2 Å². The first-order chi connectivity index (χ1) is 24.2. The van der Waals surface area contributed by atoms with Crippen LogP contribution < -0.4 is 15.5 Å². The maximum absolute atomic E-state index is 14.9. The lowest BCUT2D eigenvalue weighted by atomic mass is 9.73. The van der Waals surface area contributed by atoms with Gasteiger partial charge in [-0.3, -0.25) is 4.79 Å². The molecule has 9 rings (SSSR count). The van der Waals surface area contributed by atoms with Gasteiger partial charge in [0.05, 0.1) is 28.2 Å². The molecule has 0 atom stereocenters. The number of fused-ring (bicyclic) bond motifs is 3. The predicted octanol–water partition coefficient (Wildman–Crippen LogP) is 5.03. The first kappa shape index (κ1) is 32.8. The van der Waals surface area contributed by atoms with Crippen LogP contribution in [-0.4, -0.2) is 101 Å². The average molecular weight is 701 g/mol. The molecule has 1 aromatic carbocycles. The van der Waals surface area contributed by atoms with E-state index in [0.717, 1.165) is 91.2 Å². The third kappa shape index (κ3) is 5.47. The molecule has 12 heteroatoms. The maximum atomic E-state index is 14.9. The van der Waals surface area contributed by atoms with E-state index in [-0.39, 0.29) is 23.2 Å². The molecule has 268 valence electrons. The van der Waals surface area contributed by atoms with Crippen LogP contribution >= 0.6 is 0 Å². The Morgan fingerprint density at radius 1 is 0.940 bits per heavy atom. The Morgan fingerprint density at radius 2 is 1.68 bits per heavy atom. The number of anilines is 2. The number of hydrogen-bond acceptors (Lipinski definition) is 8. The molecule has 1 amide bonds. The van der Waals surface area contributed by atoms with Crippen molar-refractivity contribution in [3.05, 3.63) is 36.2 Å². The Balaban J connectivity index is 1.06. The summed E-state index contributed by atoms with van der Waals surface area (Å²) in [5.74, 6) is 1.04. The predicted molar refractivity (Wildman–Crippen MR) is 197 cm³/mol. The Labute approximate surface area is 296 Å². The molecule has 5 fully saturated rings. The Hall–Kier alpha value is -3.06. The number of hydrogen-bond donors (Lipinski definition) is 2. The van der Waals surface area contributed by atoms with Crippen LogP contribution in [0.2, 0.25) is 0 Å². The van der Waals surface area contributed by atoms with Gasteiger partial charge in [-0.2, -0.15) is 0 Å². The van der Waals surface area contributed by atoms with E-state index >= 15 is 0 Å². The highest BCUT2D eigenvalue weighted by Crippen LogP contribution is 2.52. The number of aromatic nitrogens is 3.